The minimum Gasteiger partial charge on any atom is -0.464 e. The summed E-state index contributed by atoms with van der Waals surface area (Å²) in [6.07, 6.45) is 1.74. The molecule has 0 atom stereocenters. The fourth-order valence-electron chi connectivity index (χ4n) is 2.07. The summed E-state index contributed by atoms with van der Waals surface area (Å²) in [5, 5.41) is 4.43. The number of ether oxygens (including phenoxy) is 1. The largest absolute Gasteiger partial charge is 0.464 e. The third-order valence-corrected chi connectivity index (χ3v) is 4.06. The first-order valence-electron chi connectivity index (χ1n) is 6.56. The lowest BCUT2D eigenvalue weighted by Gasteiger charge is -2.20. The van der Waals surface area contributed by atoms with Gasteiger partial charge in [-0.05, 0) is 47.2 Å². The summed E-state index contributed by atoms with van der Waals surface area (Å²) < 4.78 is 7.36. The number of methoxy groups -OCH3 is 1. The van der Waals surface area contributed by atoms with E-state index in [0.717, 1.165) is 14.8 Å². The molecule has 112 valence electrons. The molecule has 0 fully saturated rings. The second-order valence-electron chi connectivity index (χ2n) is 5.86. The lowest BCUT2D eigenvalue weighted by atomic mass is 9.92. The molecule has 21 heavy (non-hydrogen) atoms. The Labute approximate surface area is 137 Å². The third kappa shape index (κ3) is 3.09. The van der Waals surface area contributed by atoms with Crippen molar-refractivity contribution in [2.45, 2.75) is 33.1 Å². The van der Waals surface area contributed by atoms with E-state index in [4.69, 9.17) is 4.74 Å². The highest BCUT2D eigenvalue weighted by Crippen LogP contribution is 2.31. The van der Waals surface area contributed by atoms with E-state index in [0.29, 0.717) is 11.5 Å². The number of carbonyl (C=O) groups excluding carboxylic acids is 1. The van der Waals surface area contributed by atoms with E-state index in [1.165, 1.54) is 7.11 Å². The number of hydrogen-bond acceptors (Lipinski definition) is 4. The van der Waals surface area contributed by atoms with E-state index < -0.39 is 5.97 Å². The molecular formula is C15H18IN3O2. The molecule has 0 bridgehead atoms. The minimum absolute atomic E-state index is 0.179. The average molecular weight is 399 g/mol. The molecule has 0 aromatic carbocycles. The molecule has 0 unspecified atom stereocenters. The van der Waals surface area contributed by atoms with Gasteiger partial charge in [-0.1, -0.05) is 20.8 Å². The van der Waals surface area contributed by atoms with Crippen LogP contribution in [0.2, 0.25) is 0 Å². The number of carbonyl (C=O) groups is 1. The number of nitrogens with zero attached hydrogens (tertiary/aromatic N) is 3. The second kappa shape index (κ2) is 5.75. The van der Waals surface area contributed by atoms with E-state index in [1.807, 2.05) is 19.1 Å². The minimum atomic E-state index is -0.434. The molecule has 2 heterocycles. The summed E-state index contributed by atoms with van der Waals surface area (Å²) >= 11 is 2.15. The van der Waals surface area contributed by atoms with Gasteiger partial charge in [0.05, 0.1) is 16.4 Å². The number of halogens is 1. The number of aromatic nitrogens is 3. The van der Waals surface area contributed by atoms with E-state index >= 15 is 0 Å². The number of rotatable bonds is 2. The van der Waals surface area contributed by atoms with Gasteiger partial charge in [-0.3, -0.25) is 0 Å². The van der Waals surface area contributed by atoms with Crippen molar-refractivity contribution in [1.29, 1.82) is 0 Å². The molecule has 0 radical (unpaired) electrons. The van der Waals surface area contributed by atoms with Gasteiger partial charge in [0.25, 0.3) is 0 Å². The van der Waals surface area contributed by atoms with Gasteiger partial charge < -0.3 is 4.74 Å². The van der Waals surface area contributed by atoms with Crippen molar-refractivity contribution in [2.24, 2.45) is 0 Å². The fourth-order valence-corrected chi connectivity index (χ4v) is 3.44. The molecular weight excluding hydrogens is 381 g/mol. The predicted octanol–water partition coefficient (Wildman–Crippen LogP) is 3.26. The number of pyridine rings is 1. The summed E-state index contributed by atoms with van der Waals surface area (Å²) in [7, 11) is 1.36. The number of aryl methyl sites for hydroxylation is 1. The van der Waals surface area contributed by atoms with E-state index in [9.17, 15) is 4.79 Å². The maximum absolute atomic E-state index is 11.9. The molecule has 0 aliphatic rings. The Morgan fingerprint density at radius 3 is 2.57 bits per heavy atom. The molecule has 0 amide bonds. The van der Waals surface area contributed by atoms with Crippen molar-refractivity contribution >= 4 is 28.6 Å². The molecule has 0 N–H and O–H groups in total. The predicted molar refractivity (Wildman–Crippen MR) is 88.9 cm³/mol. The van der Waals surface area contributed by atoms with Crippen LogP contribution in [-0.4, -0.2) is 27.8 Å². The Morgan fingerprint density at radius 1 is 1.38 bits per heavy atom. The first-order valence-corrected chi connectivity index (χ1v) is 7.64. The van der Waals surface area contributed by atoms with Crippen LogP contribution in [0.4, 0.5) is 0 Å². The SMILES string of the molecule is COC(=O)c1nn(-c2cc(C)ccn2)c(C(C)(C)C)c1I. The van der Waals surface area contributed by atoms with Crippen LogP contribution in [0.15, 0.2) is 18.3 Å². The maximum atomic E-state index is 11.9. The first kappa shape index (κ1) is 15.9. The van der Waals surface area contributed by atoms with Crippen LogP contribution < -0.4 is 0 Å². The Kier molecular flexibility index (Phi) is 4.36. The summed E-state index contributed by atoms with van der Waals surface area (Å²) in [6.45, 7) is 8.25. The molecule has 0 aliphatic heterocycles. The topological polar surface area (TPSA) is 57.0 Å². The van der Waals surface area contributed by atoms with Gasteiger partial charge in [0, 0.05) is 11.6 Å². The quantitative estimate of drug-likeness (QED) is 0.575. The van der Waals surface area contributed by atoms with Gasteiger partial charge in [-0.25, -0.2) is 14.5 Å². The van der Waals surface area contributed by atoms with Crippen molar-refractivity contribution in [3.05, 3.63) is 38.9 Å². The van der Waals surface area contributed by atoms with Crippen molar-refractivity contribution in [2.75, 3.05) is 7.11 Å². The van der Waals surface area contributed by atoms with Gasteiger partial charge in [-0.15, -0.1) is 0 Å². The van der Waals surface area contributed by atoms with Crippen LogP contribution in [-0.2, 0) is 10.2 Å². The molecule has 2 aromatic rings. The number of esters is 1. The second-order valence-corrected chi connectivity index (χ2v) is 6.93. The first-order chi connectivity index (χ1) is 9.75. The highest BCUT2D eigenvalue weighted by atomic mass is 127. The Hall–Kier alpha value is -1.44. The van der Waals surface area contributed by atoms with Crippen molar-refractivity contribution in [1.82, 2.24) is 14.8 Å². The van der Waals surface area contributed by atoms with Crippen LogP contribution >= 0.6 is 22.6 Å². The molecule has 0 spiro atoms. The molecule has 0 aliphatic carbocycles. The molecule has 6 heteroatoms. The van der Waals surface area contributed by atoms with E-state index in [1.54, 1.807) is 10.9 Å². The Morgan fingerprint density at radius 2 is 2.05 bits per heavy atom. The summed E-state index contributed by atoms with van der Waals surface area (Å²) in [6, 6.07) is 3.87. The van der Waals surface area contributed by atoms with E-state index in [2.05, 4.69) is 53.4 Å². The maximum Gasteiger partial charge on any atom is 0.359 e. The van der Waals surface area contributed by atoms with Gasteiger partial charge in [0.2, 0.25) is 0 Å². The van der Waals surface area contributed by atoms with Gasteiger partial charge in [-0.2, -0.15) is 5.10 Å². The van der Waals surface area contributed by atoms with Crippen LogP contribution in [0, 0.1) is 10.5 Å². The van der Waals surface area contributed by atoms with Crippen LogP contribution in [0.3, 0.4) is 0 Å². The molecule has 5 nitrogen and oxygen atoms in total. The zero-order valence-electron chi connectivity index (χ0n) is 12.8. The summed E-state index contributed by atoms with van der Waals surface area (Å²) in [5.41, 5.74) is 2.18. The summed E-state index contributed by atoms with van der Waals surface area (Å²) in [5.74, 6) is 0.268. The van der Waals surface area contributed by atoms with Crippen molar-refractivity contribution in [3.8, 4) is 5.82 Å². The zero-order valence-corrected chi connectivity index (χ0v) is 14.9. The van der Waals surface area contributed by atoms with Crippen LogP contribution in [0.5, 0.6) is 0 Å². The Bertz CT molecular complexity index is 687. The molecule has 2 rings (SSSR count). The van der Waals surface area contributed by atoms with Crippen LogP contribution in [0.1, 0.15) is 42.5 Å². The highest BCUT2D eigenvalue weighted by molar-refractivity contribution is 14.1. The third-order valence-electron chi connectivity index (χ3n) is 3.03. The number of hydrogen-bond donors (Lipinski definition) is 0. The normalized spacial score (nSPS) is 11.5. The summed E-state index contributed by atoms with van der Waals surface area (Å²) in [4.78, 5) is 16.3. The van der Waals surface area contributed by atoms with E-state index in [-0.39, 0.29) is 5.41 Å². The van der Waals surface area contributed by atoms with Gasteiger partial charge >= 0.3 is 5.97 Å². The highest BCUT2D eigenvalue weighted by Gasteiger charge is 2.30. The molecule has 0 saturated carbocycles. The lowest BCUT2D eigenvalue weighted by Crippen LogP contribution is -2.19. The van der Waals surface area contributed by atoms with Crippen molar-refractivity contribution in [3.63, 3.8) is 0 Å². The average Bonchev–Trinajstić information content (AvgIpc) is 2.75. The molecule has 2 aromatic heterocycles. The fraction of sp³-hybridized carbons (Fsp3) is 0.400. The standard InChI is InChI=1S/C15H18IN3O2/c1-9-6-7-17-10(8-9)19-13(15(2,3)4)11(16)12(18-19)14(20)21-5/h6-8H,1-5H3. The van der Waals surface area contributed by atoms with Crippen LogP contribution in [0.25, 0.3) is 5.82 Å². The lowest BCUT2D eigenvalue weighted by molar-refractivity contribution is 0.0592. The van der Waals surface area contributed by atoms with Gasteiger partial charge in [0.15, 0.2) is 11.5 Å². The Balaban J connectivity index is 2.73. The zero-order chi connectivity index (χ0) is 15.8. The monoisotopic (exact) mass is 399 g/mol. The smallest absolute Gasteiger partial charge is 0.359 e. The molecule has 0 saturated heterocycles. The van der Waals surface area contributed by atoms with Gasteiger partial charge in [0.1, 0.15) is 0 Å². The van der Waals surface area contributed by atoms with Crippen molar-refractivity contribution < 1.29 is 9.53 Å².